The summed E-state index contributed by atoms with van der Waals surface area (Å²) in [6, 6.07) is -0.458. The summed E-state index contributed by atoms with van der Waals surface area (Å²) in [6.45, 7) is 13.2. The Morgan fingerprint density at radius 1 is 1.45 bits per heavy atom. The molecule has 0 bridgehead atoms. The van der Waals surface area contributed by atoms with Crippen molar-refractivity contribution in [2.24, 2.45) is 0 Å². The van der Waals surface area contributed by atoms with Gasteiger partial charge in [-0.2, -0.15) is 0 Å². The summed E-state index contributed by atoms with van der Waals surface area (Å²) >= 11 is 0. The third-order valence-corrected chi connectivity index (χ3v) is 3.52. The summed E-state index contributed by atoms with van der Waals surface area (Å²) in [5.41, 5.74) is 0. The van der Waals surface area contributed by atoms with Crippen LogP contribution in [-0.4, -0.2) is 73.6 Å². The van der Waals surface area contributed by atoms with E-state index in [1.165, 1.54) is 0 Å². The Morgan fingerprint density at radius 2 is 2.14 bits per heavy atom. The Hall–Kier alpha value is -1.66. The lowest BCUT2D eigenvalue weighted by Gasteiger charge is -2.33. The summed E-state index contributed by atoms with van der Waals surface area (Å²) in [5.74, 6) is -0.103. The molecule has 0 aliphatic carbocycles. The van der Waals surface area contributed by atoms with E-state index >= 15 is 0 Å². The van der Waals surface area contributed by atoms with Gasteiger partial charge in [0.2, 0.25) is 11.8 Å². The Balaban J connectivity index is 2.55. The van der Waals surface area contributed by atoms with Gasteiger partial charge in [0.05, 0.1) is 19.1 Å². The highest BCUT2D eigenvalue weighted by molar-refractivity contribution is 5.89. The predicted octanol–water partition coefficient (Wildman–Crippen LogP) is 0.414. The van der Waals surface area contributed by atoms with Gasteiger partial charge >= 0.3 is 0 Å². The van der Waals surface area contributed by atoms with Crippen molar-refractivity contribution in [1.82, 2.24) is 15.1 Å². The highest BCUT2D eigenvalue weighted by Gasteiger charge is 2.30. The average molecular weight is 309 g/mol. The number of hydrogen-bond acceptors (Lipinski definition) is 4. The monoisotopic (exact) mass is 309 g/mol. The van der Waals surface area contributed by atoms with Crippen molar-refractivity contribution in [3.05, 3.63) is 25.3 Å². The Labute approximate surface area is 132 Å². The zero-order valence-corrected chi connectivity index (χ0v) is 13.4. The lowest BCUT2D eigenvalue weighted by Crippen LogP contribution is -2.57. The average Bonchev–Trinajstić information content (AvgIpc) is 2.51. The van der Waals surface area contributed by atoms with Crippen LogP contribution in [0.15, 0.2) is 25.3 Å². The fourth-order valence-electron chi connectivity index (χ4n) is 2.39. The molecule has 0 aromatic heterocycles. The van der Waals surface area contributed by atoms with Crippen LogP contribution in [0.1, 0.15) is 13.3 Å². The molecule has 2 amide bonds. The van der Waals surface area contributed by atoms with Crippen molar-refractivity contribution in [1.29, 1.82) is 0 Å². The van der Waals surface area contributed by atoms with E-state index in [0.29, 0.717) is 45.9 Å². The number of hydrogen-bond donors (Lipinski definition) is 1. The SMILES string of the molecule is C=CCN(CC=C)C(=O)CC1NCCN(CCOCC)C1=O. The van der Waals surface area contributed by atoms with Gasteiger partial charge in [-0.3, -0.25) is 9.59 Å². The topological polar surface area (TPSA) is 61.9 Å². The molecule has 1 unspecified atom stereocenters. The van der Waals surface area contributed by atoms with Crippen LogP contribution in [0.3, 0.4) is 0 Å². The van der Waals surface area contributed by atoms with Crippen LogP contribution in [0, 0.1) is 0 Å². The first-order valence-electron chi connectivity index (χ1n) is 7.73. The third kappa shape index (κ3) is 5.61. The maximum Gasteiger partial charge on any atom is 0.240 e. The fourth-order valence-corrected chi connectivity index (χ4v) is 2.39. The molecule has 0 aromatic carbocycles. The van der Waals surface area contributed by atoms with Crippen LogP contribution in [0.25, 0.3) is 0 Å². The van der Waals surface area contributed by atoms with Gasteiger partial charge in [0.1, 0.15) is 0 Å². The third-order valence-electron chi connectivity index (χ3n) is 3.52. The lowest BCUT2D eigenvalue weighted by atomic mass is 10.1. The van der Waals surface area contributed by atoms with E-state index < -0.39 is 6.04 Å². The molecular weight excluding hydrogens is 282 g/mol. The highest BCUT2D eigenvalue weighted by Crippen LogP contribution is 2.08. The van der Waals surface area contributed by atoms with Gasteiger partial charge in [0, 0.05) is 39.3 Å². The molecular formula is C16H27N3O3. The van der Waals surface area contributed by atoms with Crippen molar-refractivity contribution in [2.75, 3.05) is 45.9 Å². The first kappa shape index (κ1) is 18.4. The molecule has 1 saturated heterocycles. The van der Waals surface area contributed by atoms with Crippen LogP contribution >= 0.6 is 0 Å². The molecule has 1 aliphatic rings. The van der Waals surface area contributed by atoms with E-state index in [2.05, 4.69) is 18.5 Å². The van der Waals surface area contributed by atoms with Crippen molar-refractivity contribution in [3.8, 4) is 0 Å². The molecule has 1 rings (SSSR count). The van der Waals surface area contributed by atoms with Crippen LogP contribution in [0.2, 0.25) is 0 Å². The van der Waals surface area contributed by atoms with Gasteiger partial charge in [-0.25, -0.2) is 0 Å². The molecule has 0 spiro atoms. The molecule has 22 heavy (non-hydrogen) atoms. The molecule has 0 aromatic rings. The Kier molecular flexibility index (Phi) is 8.47. The second-order valence-corrected chi connectivity index (χ2v) is 5.11. The predicted molar refractivity (Wildman–Crippen MR) is 86.5 cm³/mol. The minimum atomic E-state index is -0.458. The van der Waals surface area contributed by atoms with Crippen molar-refractivity contribution in [2.45, 2.75) is 19.4 Å². The van der Waals surface area contributed by atoms with Gasteiger partial charge in [-0.15, -0.1) is 13.2 Å². The minimum absolute atomic E-state index is 0.0311. The number of ether oxygens (including phenoxy) is 1. The number of carbonyl (C=O) groups is 2. The summed E-state index contributed by atoms with van der Waals surface area (Å²) in [7, 11) is 0. The van der Waals surface area contributed by atoms with Crippen molar-refractivity contribution >= 4 is 11.8 Å². The quantitative estimate of drug-likeness (QED) is 0.469. The van der Waals surface area contributed by atoms with Gasteiger partial charge in [0.15, 0.2) is 0 Å². The zero-order valence-electron chi connectivity index (χ0n) is 13.4. The molecule has 1 atom stereocenters. The molecule has 0 saturated carbocycles. The minimum Gasteiger partial charge on any atom is -0.380 e. The standard InChI is InChI=1S/C16H27N3O3/c1-4-8-18(9-5-2)15(20)13-14-16(21)19(10-7-17-14)11-12-22-6-3/h4-5,14,17H,1-2,6-13H2,3H3. The lowest BCUT2D eigenvalue weighted by molar-refractivity contribution is -0.141. The molecule has 0 radical (unpaired) electrons. The molecule has 6 nitrogen and oxygen atoms in total. The molecule has 1 heterocycles. The fraction of sp³-hybridized carbons (Fsp3) is 0.625. The maximum atomic E-state index is 12.4. The number of rotatable bonds is 10. The van der Waals surface area contributed by atoms with Gasteiger partial charge in [0.25, 0.3) is 0 Å². The van der Waals surface area contributed by atoms with Crippen molar-refractivity contribution < 1.29 is 14.3 Å². The second-order valence-electron chi connectivity index (χ2n) is 5.11. The number of amides is 2. The molecule has 1 fully saturated rings. The maximum absolute atomic E-state index is 12.4. The largest absolute Gasteiger partial charge is 0.380 e. The molecule has 6 heteroatoms. The van der Waals surface area contributed by atoms with Crippen LogP contribution in [-0.2, 0) is 14.3 Å². The molecule has 124 valence electrons. The molecule has 1 N–H and O–H groups in total. The van der Waals surface area contributed by atoms with E-state index in [9.17, 15) is 9.59 Å². The number of carbonyl (C=O) groups excluding carboxylic acids is 2. The van der Waals surface area contributed by atoms with E-state index in [4.69, 9.17) is 4.74 Å². The number of nitrogens with zero attached hydrogens (tertiary/aromatic N) is 2. The smallest absolute Gasteiger partial charge is 0.240 e. The Bertz CT molecular complexity index is 388. The van der Waals surface area contributed by atoms with Gasteiger partial charge in [-0.1, -0.05) is 12.2 Å². The van der Waals surface area contributed by atoms with Crippen LogP contribution in [0.4, 0.5) is 0 Å². The molecule has 1 aliphatic heterocycles. The van der Waals surface area contributed by atoms with E-state index in [0.717, 1.165) is 0 Å². The summed E-state index contributed by atoms with van der Waals surface area (Å²) < 4.78 is 5.29. The van der Waals surface area contributed by atoms with E-state index in [1.807, 2.05) is 6.92 Å². The highest BCUT2D eigenvalue weighted by atomic mass is 16.5. The van der Waals surface area contributed by atoms with Crippen molar-refractivity contribution in [3.63, 3.8) is 0 Å². The normalized spacial score (nSPS) is 18.1. The van der Waals surface area contributed by atoms with E-state index in [-0.39, 0.29) is 18.2 Å². The second kappa shape index (κ2) is 10.1. The summed E-state index contributed by atoms with van der Waals surface area (Å²) in [6.07, 6.45) is 3.50. The number of nitrogens with one attached hydrogen (secondary N) is 1. The summed E-state index contributed by atoms with van der Waals surface area (Å²) in [4.78, 5) is 28.1. The van der Waals surface area contributed by atoms with Gasteiger partial charge < -0.3 is 19.9 Å². The number of piperazine rings is 1. The summed E-state index contributed by atoms with van der Waals surface area (Å²) in [5, 5.41) is 3.13. The Morgan fingerprint density at radius 3 is 2.73 bits per heavy atom. The van der Waals surface area contributed by atoms with Crippen LogP contribution < -0.4 is 5.32 Å². The first-order chi connectivity index (χ1) is 10.6. The van der Waals surface area contributed by atoms with E-state index in [1.54, 1.807) is 22.0 Å². The van der Waals surface area contributed by atoms with Crippen LogP contribution in [0.5, 0.6) is 0 Å². The van der Waals surface area contributed by atoms with Gasteiger partial charge in [-0.05, 0) is 6.92 Å². The first-order valence-corrected chi connectivity index (χ1v) is 7.73. The zero-order chi connectivity index (χ0) is 16.4.